The van der Waals surface area contributed by atoms with Crippen LogP contribution in [0.25, 0.3) is 0 Å². The van der Waals surface area contributed by atoms with Crippen LogP contribution < -0.4 is 5.32 Å². The number of alkyl carbamates (subject to hydrolysis) is 1. The van der Waals surface area contributed by atoms with Crippen LogP contribution in [0.3, 0.4) is 0 Å². The summed E-state index contributed by atoms with van der Waals surface area (Å²) in [5.41, 5.74) is 0.941. The molecule has 2 atom stereocenters. The maximum atomic E-state index is 11.6. The van der Waals surface area contributed by atoms with Gasteiger partial charge in [0.25, 0.3) is 0 Å². The first kappa shape index (κ1) is 14.5. The molecule has 0 fully saturated rings. The maximum absolute atomic E-state index is 11.6. The number of aliphatic hydroxyl groups excluding tert-OH is 1. The highest BCUT2D eigenvalue weighted by molar-refractivity contribution is 5.67. The zero-order valence-electron chi connectivity index (χ0n) is 10.9. The Kier molecular flexibility index (Phi) is 6.22. The molecular weight excluding hydrogens is 230 g/mol. The topological polar surface area (TPSA) is 58.6 Å². The van der Waals surface area contributed by atoms with E-state index in [2.05, 4.69) is 5.32 Å². The number of aliphatic hydroxyl groups is 1. The second-order valence-electron chi connectivity index (χ2n) is 4.38. The number of ether oxygens (including phenoxy) is 1. The van der Waals surface area contributed by atoms with Gasteiger partial charge in [0, 0.05) is 0 Å². The van der Waals surface area contributed by atoms with Gasteiger partial charge in [-0.1, -0.05) is 50.6 Å². The monoisotopic (exact) mass is 251 g/mol. The Hall–Kier alpha value is -1.55. The molecule has 0 saturated carbocycles. The molecule has 1 amide bonds. The van der Waals surface area contributed by atoms with Gasteiger partial charge in [-0.05, 0) is 11.5 Å². The van der Waals surface area contributed by atoms with E-state index in [1.165, 1.54) is 0 Å². The third-order valence-corrected chi connectivity index (χ3v) is 3.04. The fraction of sp³-hybridized carbons (Fsp3) is 0.500. The second kappa shape index (κ2) is 7.71. The van der Waals surface area contributed by atoms with Crippen LogP contribution in [0.1, 0.15) is 25.8 Å². The molecule has 0 unspecified atom stereocenters. The van der Waals surface area contributed by atoms with Gasteiger partial charge in [-0.3, -0.25) is 0 Å². The van der Waals surface area contributed by atoms with Gasteiger partial charge < -0.3 is 15.2 Å². The van der Waals surface area contributed by atoms with E-state index in [1.807, 2.05) is 44.2 Å². The van der Waals surface area contributed by atoms with Crippen LogP contribution in [0.2, 0.25) is 0 Å². The third kappa shape index (κ3) is 4.75. The molecule has 4 heteroatoms. The molecule has 0 heterocycles. The first-order valence-corrected chi connectivity index (χ1v) is 6.25. The van der Waals surface area contributed by atoms with Crippen LogP contribution in [0.5, 0.6) is 0 Å². The molecule has 0 saturated heterocycles. The van der Waals surface area contributed by atoms with E-state index >= 15 is 0 Å². The minimum atomic E-state index is -0.488. The maximum Gasteiger partial charge on any atom is 0.407 e. The highest BCUT2D eigenvalue weighted by atomic mass is 16.5. The quantitative estimate of drug-likeness (QED) is 0.815. The van der Waals surface area contributed by atoms with Crippen molar-refractivity contribution in [2.45, 2.75) is 32.9 Å². The second-order valence-corrected chi connectivity index (χ2v) is 4.38. The number of nitrogens with one attached hydrogen (secondary N) is 1. The Morgan fingerprint density at radius 2 is 2.06 bits per heavy atom. The fourth-order valence-electron chi connectivity index (χ4n) is 1.57. The molecule has 1 aromatic rings. The van der Waals surface area contributed by atoms with Gasteiger partial charge in [0.15, 0.2) is 0 Å². The average molecular weight is 251 g/mol. The largest absolute Gasteiger partial charge is 0.445 e. The van der Waals surface area contributed by atoms with Gasteiger partial charge in [-0.25, -0.2) is 4.79 Å². The average Bonchev–Trinajstić information content (AvgIpc) is 2.42. The van der Waals surface area contributed by atoms with Crippen molar-refractivity contribution in [1.82, 2.24) is 5.32 Å². The minimum Gasteiger partial charge on any atom is -0.445 e. The number of carbonyl (C=O) groups excluding carboxylic acids is 1. The van der Waals surface area contributed by atoms with Crippen molar-refractivity contribution >= 4 is 6.09 Å². The summed E-state index contributed by atoms with van der Waals surface area (Å²) < 4.78 is 5.09. The van der Waals surface area contributed by atoms with Crippen LogP contribution >= 0.6 is 0 Å². The molecule has 0 aromatic heterocycles. The summed E-state index contributed by atoms with van der Waals surface area (Å²) in [4.78, 5) is 11.6. The Morgan fingerprint density at radius 3 is 2.61 bits per heavy atom. The first-order chi connectivity index (χ1) is 8.67. The van der Waals surface area contributed by atoms with Crippen molar-refractivity contribution in [1.29, 1.82) is 0 Å². The van der Waals surface area contributed by atoms with Gasteiger partial charge in [0.05, 0.1) is 12.6 Å². The lowest BCUT2D eigenvalue weighted by Crippen LogP contribution is -2.42. The van der Waals surface area contributed by atoms with Crippen molar-refractivity contribution in [3.8, 4) is 0 Å². The van der Waals surface area contributed by atoms with Crippen molar-refractivity contribution < 1.29 is 14.6 Å². The Bertz CT molecular complexity index is 353. The highest BCUT2D eigenvalue weighted by Gasteiger charge is 2.17. The molecule has 4 nitrogen and oxygen atoms in total. The lowest BCUT2D eigenvalue weighted by Gasteiger charge is -2.21. The number of rotatable bonds is 6. The molecule has 18 heavy (non-hydrogen) atoms. The van der Waals surface area contributed by atoms with E-state index in [0.29, 0.717) is 0 Å². The highest BCUT2D eigenvalue weighted by Crippen LogP contribution is 2.07. The van der Waals surface area contributed by atoms with Gasteiger partial charge in [-0.2, -0.15) is 0 Å². The smallest absolute Gasteiger partial charge is 0.407 e. The standard InChI is InChI=1S/C14H21NO3/c1-3-11(2)13(9-16)15-14(17)18-10-12-7-5-4-6-8-12/h4-8,11,13,16H,3,9-10H2,1-2H3,(H,15,17)/t11-,13-/m0/s1. The van der Waals surface area contributed by atoms with Crippen LogP contribution in [0.4, 0.5) is 4.79 Å². The molecule has 0 bridgehead atoms. The summed E-state index contributed by atoms with van der Waals surface area (Å²) in [6.07, 6.45) is 0.405. The zero-order chi connectivity index (χ0) is 13.4. The van der Waals surface area contributed by atoms with Crippen molar-refractivity contribution in [2.75, 3.05) is 6.61 Å². The Labute approximate surface area is 108 Å². The van der Waals surface area contributed by atoms with Gasteiger partial charge in [0.1, 0.15) is 6.61 Å². The van der Waals surface area contributed by atoms with Crippen LogP contribution in [-0.2, 0) is 11.3 Å². The molecule has 1 rings (SSSR count). The number of hydrogen-bond donors (Lipinski definition) is 2. The number of amides is 1. The third-order valence-electron chi connectivity index (χ3n) is 3.04. The van der Waals surface area contributed by atoms with E-state index in [-0.39, 0.29) is 25.2 Å². The van der Waals surface area contributed by atoms with Crippen LogP contribution in [0.15, 0.2) is 30.3 Å². The molecule has 2 N–H and O–H groups in total. The summed E-state index contributed by atoms with van der Waals surface area (Å²) in [6, 6.07) is 9.24. The minimum absolute atomic E-state index is 0.0740. The molecule has 0 aliphatic rings. The molecule has 0 aliphatic carbocycles. The van der Waals surface area contributed by atoms with E-state index in [1.54, 1.807) is 0 Å². The Morgan fingerprint density at radius 1 is 1.39 bits per heavy atom. The van der Waals surface area contributed by atoms with Gasteiger partial charge in [-0.15, -0.1) is 0 Å². The molecule has 1 aromatic carbocycles. The lowest BCUT2D eigenvalue weighted by atomic mass is 10.0. The summed E-state index contributed by atoms with van der Waals surface area (Å²) in [7, 11) is 0. The number of carbonyl (C=O) groups is 1. The van der Waals surface area contributed by atoms with E-state index in [4.69, 9.17) is 4.74 Å². The molecule has 0 aliphatic heterocycles. The molecule has 0 radical (unpaired) electrons. The van der Waals surface area contributed by atoms with Crippen LogP contribution in [0, 0.1) is 5.92 Å². The lowest BCUT2D eigenvalue weighted by molar-refractivity contribution is 0.121. The number of benzene rings is 1. The van der Waals surface area contributed by atoms with E-state index < -0.39 is 6.09 Å². The normalized spacial score (nSPS) is 13.7. The van der Waals surface area contributed by atoms with Crippen LogP contribution in [-0.4, -0.2) is 23.8 Å². The SMILES string of the molecule is CC[C@H](C)[C@H](CO)NC(=O)OCc1ccccc1. The summed E-state index contributed by atoms with van der Waals surface area (Å²) in [5, 5.41) is 11.9. The molecular formula is C14H21NO3. The Balaban J connectivity index is 2.37. The number of hydrogen-bond acceptors (Lipinski definition) is 3. The summed E-state index contributed by atoms with van der Waals surface area (Å²) in [6.45, 7) is 4.17. The predicted octanol–water partition coefficient (Wildman–Crippen LogP) is 2.32. The van der Waals surface area contributed by atoms with Crippen molar-refractivity contribution in [3.05, 3.63) is 35.9 Å². The summed E-state index contributed by atoms with van der Waals surface area (Å²) >= 11 is 0. The molecule has 100 valence electrons. The fourth-order valence-corrected chi connectivity index (χ4v) is 1.57. The first-order valence-electron chi connectivity index (χ1n) is 6.25. The van der Waals surface area contributed by atoms with Gasteiger partial charge >= 0.3 is 6.09 Å². The van der Waals surface area contributed by atoms with E-state index in [0.717, 1.165) is 12.0 Å². The van der Waals surface area contributed by atoms with E-state index in [9.17, 15) is 9.90 Å². The zero-order valence-corrected chi connectivity index (χ0v) is 10.9. The van der Waals surface area contributed by atoms with Crippen molar-refractivity contribution in [2.24, 2.45) is 5.92 Å². The predicted molar refractivity (Wildman–Crippen MR) is 70.1 cm³/mol. The summed E-state index contributed by atoms with van der Waals surface area (Å²) in [5.74, 6) is 0.222. The van der Waals surface area contributed by atoms with Crippen molar-refractivity contribution in [3.63, 3.8) is 0 Å². The molecule has 0 spiro atoms. The van der Waals surface area contributed by atoms with Gasteiger partial charge in [0.2, 0.25) is 0 Å².